The van der Waals surface area contributed by atoms with Crippen LogP contribution in [-0.4, -0.2) is 23.9 Å². The summed E-state index contributed by atoms with van der Waals surface area (Å²) in [6, 6.07) is 18.0. The first-order valence-corrected chi connectivity index (χ1v) is 9.05. The normalized spacial score (nSPS) is 15.1. The molecule has 0 aromatic heterocycles. The van der Waals surface area contributed by atoms with Crippen LogP contribution in [-0.2, 0) is 11.4 Å². The summed E-state index contributed by atoms with van der Waals surface area (Å²) in [4.78, 5) is 14.2. The molecule has 3 nitrogen and oxygen atoms in total. The largest absolute Gasteiger partial charge is 0.489 e. The molecule has 1 heterocycles. The third kappa shape index (κ3) is 5.49. The van der Waals surface area contributed by atoms with Crippen molar-refractivity contribution in [2.45, 2.75) is 32.3 Å². The second-order valence-electron chi connectivity index (χ2n) is 6.42. The number of ether oxygens (including phenoxy) is 1. The summed E-state index contributed by atoms with van der Waals surface area (Å²) in [7, 11) is 0. The minimum Gasteiger partial charge on any atom is -0.489 e. The molecule has 0 N–H and O–H groups in total. The van der Waals surface area contributed by atoms with Crippen LogP contribution in [0.3, 0.4) is 0 Å². The van der Waals surface area contributed by atoms with Gasteiger partial charge in [-0.05, 0) is 42.2 Å². The highest BCUT2D eigenvalue weighted by Crippen LogP contribution is 2.16. The fourth-order valence-electron chi connectivity index (χ4n) is 2.98. The minimum absolute atomic E-state index is 0.117. The number of likely N-dealkylation sites (tertiary alicyclic amines) is 1. The number of benzene rings is 2. The minimum atomic E-state index is 0.117. The van der Waals surface area contributed by atoms with Crippen LogP contribution < -0.4 is 4.74 Å². The Bertz CT molecular complexity index is 684. The lowest BCUT2D eigenvalue weighted by molar-refractivity contribution is -0.125. The Morgan fingerprint density at radius 1 is 0.920 bits per heavy atom. The van der Waals surface area contributed by atoms with Crippen molar-refractivity contribution in [1.29, 1.82) is 0 Å². The van der Waals surface area contributed by atoms with E-state index < -0.39 is 0 Å². The van der Waals surface area contributed by atoms with E-state index in [2.05, 4.69) is 0 Å². The molecule has 0 atom stereocenters. The van der Waals surface area contributed by atoms with Crippen LogP contribution in [0.5, 0.6) is 5.75 Å². The molecular formula is C22H25NO2. The number of nitrogens with zero attached hydrogens (tertiary/aromatic N) is 1. The zero-order valence-electron chi connectivity index (χ0n) is 14.6. The van der Waals surface area contributed by atoms with Crippen molar-refractivity contribution in [3.05, 3.63) is 71.8 Å². The number of hydrogen-bond donors (Lipinski definition) is 0. The zero-order valence-corrected chi connectivity index (χ0v) is 14.6. The number of carbonyl (C=O) groups excluding carboxylic acids is 1. The van der Waals surface area contributed by atoms with Crippen LogP contribution in [0.2, 0.25) is 0 Å². The van der Waals surface area contributed by atoms with E-state index in [1.54, 1.807) is 6.08 Å². The van der Waals surface area contributed by atoms with Crippen molar-refractivity contribution >= 4 is 12.0 Å². The third-order valence-electron chi connectivity index (χ3n) is 4.46. The molecule has 0 saturated carbocycles. The monoisotopic (exact) mass is 335 g/mol. The Morgan fingerprint density at radius 2 is 1.60 bits per heavy atom. The number of carbonyl (C=O) groups is 1. The maximum absolute atomic E-state index is 12.3. The predicted molar refractivity (Wildman–Crippen MR) is 101 cm³/mol. The number of hydrogen-bond acceptors (Lipinski definition) is 2. The number of amides is 1. The van der Waals surface area contributed by atoms with Crippen molar-refractivity contribution in [2.24, 2.45) is 0 Å². The van der Waals surface area contributed by atoms with Gasteiger partial charge in [0.1, 0.15) is 12.4 Å². The average Bonchev–Trinajstić information content (AvgIpc) is 2.96. The van der Waals surface area contributed by atoms with Gasteiger partial charge in [-0.2, -0.15) is 0 Å². The molecule has 3 heteroatoms. The summed E-state index contributed by atoms with van der Waals surface area (Å²) < 4.78 is 5.78. The molecule has 1 saturated heterocycles. The Balaban J connectivity index is 1.52. The van der Waals surface area contributed by atoms with Gasteiger partial charge >= 0.3 is 0 Å². The van der Waals surface area contributed by atoms with E-state index in [4.69, 9.17) is 4.74 Å². The molecule has 2 aromatic rings. The Kier molecular flexibility index (Phi) is 6.27. The molecule has 1 aliphatic heterocycles. The van der Waals surface area contributed by atoms with Crippen molar-refractivity contribution < 1.29 is 9.53 Å². The van der Waals surface area contributed by atoms with Crippen LogP contribution in [0.4, 0.5) is 0 Å². The fraction of sp³-hybridized carbons (Fsp3) is 0.318. The number of rotatable bonds is 5. The molecule has 0 unspecified atom stereocenters. The van der Waals surface area contributed by atoms with Gasteiger partial charge in [-0.15, -0.1) is 0 Å². The highest BCUT2D eigenvalue weighted by Gasteiger charge is 2.12. The second kappa shape index (κ2) is 9.07. The average molecular weight is 335 g/mol. The highest BCUT2D eigenvalue weighted by molar-refractivity contribution is 5.91. The lowest BCUT2D eigenvalue weighted by atomic mass is 10.2. The van der Waals surface area contributed by atoms with Crippen LogP contribution in [0.15, 0.2) is 60.7 Å². The standard InChI is InChI=1S/C22H25NO2/c24-22(23-16-6-1-2-7-17-23)15-12-19-10-13-21(14-11-19)25-18-20-8-4-3-5-9-20/h3-5,8-15H,1-2,6-7,16-18H2/b15-12+. The SMILES string of the molecule is O=C(/C=C/c1ccc(OCc2ccccc2)cc1)N1CCCCCC1. The quantitative estimate of drug-likeness (QED) is 0.742. The third-order valence-corrected chi connectivity index (χ3v) is 4.46. The summed E-state index contributed by atoms with van der Waals surface area (Å²) in [6.07, 6.45) is 8.27. The molecule has 130 valence electrons. The first-order valence-electron chi connectivity index (χ1n) is 9.05. The Morgan fingerprint density at radius 3 is 2.28 bits per heavy atom. The van der Waals surface area contributed by atoms with Crippen LogP contribution in [0, 0.1) is 0 Å². The van der Waals surface area contributed by atoms with Gasteiger partial charge in [-0.1, -0.05) is 55.3 Å². The van der Waals surface area contributed by atoms with Crippen molar-refractivity contribution in [3.8, 4) is 5.75 Å². The van der Waals surface area contributed by atoms with Crippen molar-refractivity contribution in [3.63, 3.8) is 0 Å². The maximum Gasteiger partial charge on any atom is 0.246 e. The molecule has 1 aliphatic rings. The van der Waals surface area contributed by atoms with E-state index >= 15 is 0 Å². The molecule has 1 amide bonds. The van der Waals surface area contributed by atoms with E-state index in [0.717, 1.165) is 42.8 Å². The first kappa shape index (κ1) is 17.3. The van der Waals surface area contributed by atoms with Gasteiger partial charge in [0.25, 0.3) is 0 Å². The van der Waals surface area contributed by atoms with E-state index in [1.807, 2.05) is 65.6 Å². The summed E-state index contributed by atoms with van der Waals surface area (Å²) in [5.41, 5.74) is 2.16. The molecule has 2 aromatic carbocycles. The van der Waals surface area contributed by atoms with Crippen molar-refractivity contribution in [2.75, 3.05) is 13.1 Å². The second-order valence-corrected chi connectivity index (χ2v) is 6.42. The molecule has 3 rings (SSSR count). The van der Waals surface area contributed by atoms with Gasteiger partial charge in [-0.25, -0.2) is 0 Å². The van der Waals surface area contributed by atoms with Gasteiger partial charge in [0, 0.05) is 19.2 Å². The predicted octanol–water partition coefficient (Wildman–Crippen LogP) is 4.68. The van der Waals surface area contributed by atoms with Gasteiger partial charge in [0.2, 0.25) is 5.91 Å². The maximum atomic E-state index is 12.3. The summed E-state index contributed by atoms with van der Waals surface area (Å²) in [5, 5.41) is 0. The van der Waals surface area contributed by atoms with Gasteiger partial charge in [0.05, 0.1) is 0 Å². The first-order chi connectivity index (χ1) is 12.3. The zero-order chi connectivity index (χ0) is 17.3. The van der Waals surface area contributed by atoms with Gasteiger partial charge in [0.15, 0.2) is 0 Å². The molecule has 0 bridgehead atoms. The van der Waals surface area contributed by atoms with Gasteiger partial charge in [-0.3, -0.25) is 4.79 Å². The lowest BCUT2D eigenvalue weighted by Gasteiger charge is -2.17. The summed E-state index contributed by atoms with van der Waals surface area (Å²) in [6.45, 7) is 2.33. The van der Waals surface area contributed by atoms with E-state index in [-0.39, 0.29) is 5.91 Å². The Hall–Kier alpha value is -2.55. The smallest absolute Gasteiger partial charge is 0.246 e. The summed E-state index contributed by atoms with van der Waals surface area (Å²) in [5.74, 6) is 0.950. The molecule has 0 spiro atoms. The molecule has 0 aliphatic carbocycles. The van der Waals surface area contributed by atoms with E-state index in [0.29, 0.717) is 6.61 Å². The van der Waals surface area contributed by atoms with Crippen LogP contribution in [0.1, 0.15) is 36.8 Å². The van der Waals surface area contributed by atoms with Crippen molar-refractivity contribution in [1.82, 2.24) is 4.90 Å². The van der Waals surface area contributed by atoms with E-state index in [9.17, 15) is 4.79 Å². The van der Waals surface area contributed by atoms with Crippen LogP contribution >= 0.6 is 0 Å². The molecule has 1 fully saturated rings. The topological polar surface area (TPSA) is 29.5 Å². The fourth-order valence-corrected chi connectivity index (χ4v) is 2.98. The summed E-state index contributed by atoms with van der Waals surface area (Å²) >= 11 is 0. The highest BCUT2D eigenvalue weighted by atomic mass is 16.5. The molecule has 25 heavy (non-hydrogen) atoms. The lowest BCUT2D eigenvalue weighted by Crippen LogP contribution is -2.30. The van der Waals surface area contributed by atoms with E-state index in [1.165, 1.54) is 12.8 Å². The molecular weight excluding hydrogens is 310 g/mol. The Labute approximate surface area is 149 Å². The van der Waals surface area contributed by atoms with Gasteiger partial charge < -0.3 is 9.64 Å². The molecule has 0 radical (unpaired) electrons. The van der Waals surface area contributed by atoms with Crippen LogP contribution in [0.25, 0.3) is 6.08 Å².